The Hall–Kier alpha value is -3.36. The van der Waals surface area contributed by atoms with Crippen LogP contribution in [0.4, 0.5) is 0 Å². The van der Waals surface area contributed by atoms with Crippen molar-refractivity contribution in [3.05, 3.63) is 56.7 Å². The monoisotopic (exact) mass is 696 g/mol. The summed E-state index contributed by atoms with van der Waals surface area (Å²) in [5, 5.41) is 23.5. The Balaban J connectivity index is 2.00. The summed E-state index contributed by atoms with van der Waals surface area (Å²) >= 11 is 2.01. The number of carbonyl (C=O) groups is 3. The lowest BCUT2D eigenvalue weighted by Gasteiger charge is -2.40. The van der Waals surface area contributed by atoms with Crippen molar-refractivity contribution in [3.63, 3.8) is 0 Å². The van der Waals surface area contributed by atoms with Crippen molar-refractivity contribution in [1.82, 2.24) is 10.2 Å². The summed E-state index contributed by atoms with van der Waals surface area (Å²) in [4.78, 5) is 39.3. The van der Waals surface area contributed by atoms with E-state index in [9.17, 15) is 24.6 Å². The van der Waals surface area contributed by atoms with Gasteiger partial charge in [0.05, 0.1) is 37.5 Å². The third kappa shape index (κ3) is 7.92. The SMILES string of the molecule is CCC(=O)N(CCc1cc(OC)ccc1OC)[C@@H]1CC(C(=O)NCCO)=C[C@H](Oc2c(I)cc(C=O)cc2OC)[C@H]1O. The quantitative estimate of drug-likeness (QED) is 0.201. The van der Waals surface area contributed by atoms with Crippen molar-refractivity contribution in [2.24, 2.45) is 0 Å². The fourth-order valence-electron chi connectivity index (χ4n) is 4.83. The van der Waals surface area contributed by atoms with Crippen LogP contribution in [0.25, 0.3) is 0 Å². The Labute approximate surface area is 258 Å². The van der Waals surface area contributed by atoms with Gasteiger partial charge in [-0.2, -0.15) is 0 Å². The summed E-state index contributed by atoms with van der Waals surface area (Å²) in [5.41, 5.74) is 1.50. The van der Waals surface area contributed by atoms with Crippen LogP contribution in [0.1, 0.15) is 35.7 Å². The number of benzene rings is 2. The zero-order chi connectivity index (χ0) is 30.8. The number of carbonyl (C=O) groups excluding carboxylic acids is 3. The predicted molar refractivity (Wildman–Crippen MR) is 163 cm³/mol. The van der Waals surface area contributed by atoms with E-state index in [2.05, 4.69) is 5.32 Å². The summed E-state index contributed by atoms with van der Waals surface area (Å²) in [5.74, 6) is 1.19. The number of aliphatic hydroxyl groups is 2. The van der Waals surface area contributed by atoms with E-state index >= 15 is 0 Å². The van der Waals surface area contributed by atoms with Gasteiger partial charge in [0.2, 0.25) is 11.8 Å². The van der Waals surface area contributed by atoms with Crippen LogP contribution < -0.4 is 24.3 Å². The van der Waals surface area contributed by atoms with Crippen LogP contribution in [0.2, 0.25) is 0 Å². The first kappa shape index (κ1) is 33.1. The highest BCUT2D eigenvalue weighted by atomic mass is 127. The third-order valence-electron chi connectivity index (χ3n) is 6.99. The lowest BCUT2D eigenvalue weighted by Crippen LogP contribution is -2.55. The van der Waals surface area contributed by atoms with Gasteiger partial charge in [0.15, 0.2) is 11.5 Å². The Bertz CT molecular complexity index is 1300. The van der Waals surface area contributed by atoms with Crippen LogP contribution in [0.5, 0.6) is 23.0 Å². The molecule has 0 bridgehead atoms. The lowest BCUT2D eigenvalue weighted by molar-refractivity contribution is -0.138. The first-order valence-corrected chi connectivity index (χ1v) is 14.6. The molecule has 0 radical (unpaired) electrons. The van der Waals surface area contributed by atoms with Crippen LogP contribution in [0, 0.1) is 3.57 Å². The molecule has 1 aliphatic carbocycles. The highest BCUT2D eigenvalue weighted by Crippen LogP contribution is 2.37. The summed E-state index contributed by atoms with van der Waals surface area (Å²) in [6.07, 6.45) is 0.604. The number of methoxy groups -OCH3 is 3. The number of halogens is 1. The van der Waals surface area contributed by atoms with Crippen molar-refractivity contribution in [1.29, 1.82) is 0 Å². The molecule has 2 amide bonds. The molecular formula is C30H37IN2O9. The normalized spacial score (nSPS) is 18.0. The smallest absolute Gasteiger partial charge is 0.247 e. The molecule has 0 saturated carbocycles. The van der Waals surface area contributed by atoms with Crippen molar-refractivity contribution in [3.8, 4) is 23.0 Å². The number of hydrogen-bond donors (Lipinski definition) is 3. The second-order valence-corrected chi connectivity index (χ2v) is 10.7. The summed E-state index contributed by atoms with van der Waals surface area (Å²) in [7, 11) is 4.56. The molecule has 3 atom stereocenters. The van der Waals surface area contributed by atoms with Gasteiger partial charge in [0.25, 0.3) is 0 Å². The zero-order valence-electron chi connectivity index (χ0n) is 24.1. The second kappa shape index (κ2) is 15.8. The number of hydrogen-bond acceptors (Lipinski definition) is 9. The Morgan fingerprint density at radius 1 is 1.12 bits per heavy atom. The largest absolute Gasteiger partial charge is 0.497 e. The van der Waals surface area contributed by atoms with Gasteiger partial charge in [-0.05, 0) is 71.0 Å². The summed E-state index contributed by atoms with van der Waals surface area (Å²) < 4.78 is 23.1. The highest BCUT2D eigenvalue weighted by molar-refractivity contribution is 14.1. The molecule has 2 aromatic carbocycles. The van der Waals surface area contributed by atoms with Crippen LogP contribution in [-0.2, 0) is 16.0 Å². The van der Waals surface area contributed by atoms with E-state index in [0.717, 1.165) is 5.56 Å². The van der Waals surface area contributed by atoms with Crippen LogP contribution >= 0.6 is 22.6 Å². The number of nitrogens with one attached hydrogen (secondary N) is 1. The molecule has 0 saturated heterocycles. The fourth-order valence-corrected chi connectivity index (χ4v) is 5.59. The second-order valence-electron chi connectivity index (χ2n) is 9.54. The number of nitrogens with zero attached hydrogens (tertiary/aromatic N) is 1. The molecular weight excluding hydrogens is 659 g/mol. The van der Waals surface area contributed by atoms with Gasteiger partial charge in [-0.15, -0.1) is 0 Å². The minimum atomic E-state index is -1.21. The lowest BCUT2D eigenvalue weighted by atomic mass is 9.87. The van der Waals surface area contributed by atoms with Crippen molar-refractivity contribution in [2.45, 2.75) is 44.4 Å². The van der Waals surface area contributed by atoms with E-state index in [-0.39, 0.29) is 49.9 Å². The molecule has 0 spiro atoms. The zero-order valence-corrected chi connectivity index (χ0v) is 26.3. The van der Waals surface area contributed by atoms with Gasteiger partial charge in [-0.1, -0.05) is 6.92 Å². The standard InChI is InChI=1S/C30H37IN2O9/c1-5-27(36)33(10-8-19-14-21(39-2)6-7-24(19)40-3)23-15-20(30(38)32-9-11-34)16-25(28(23)37)42-29-22(31)12-18(17-35)13-26(29)41-4/h6-7,12-14,16-17,23,25,28,34,37H,5,8-11,15H2,1-4H3,(H,32,38)/t23-,25+,28+/m1/s1. The average molecular weight is 697 g/mol. The minimum absolute atomic E-state index is 0.0427. The summed E-state index contributed by atoms with van der Waals surface area (Å²) in [6.45, 7) is 1.76. The Morgan fingerprint density at radius 3 is 2.48 bits per heavy atom. The topological polar surface area (TPSA) is 144 Å². The van der Waals surface area contributed by atoms with Crippen molar-refractivity contribution >= 4 is 40.7 Å². The van der Waals surface area contributed by atoms with Gasteiger partial charge in [-0.3, -0.25) is 14.4 Å². The van der Waals surface area contributed by atoms with Gasteiger partial charge in [0, 0.05) is 37.1 Å². The first-order chi connectivity index (χ1) is 20.2. The van der Waals surface area contributed by atoms with Crippen LogP contribution in [-0.4, -0.2) is 92.5 Å². The van der Waals surface area contributed by atoms with E-state index in [1.54, 1.807) is 44.2 Å². The number of aliphatic hydroxyl groups excluding tert-OH is 2. The van der Waals surface area contributed by atoms with Gasteiger partial charge >= 0.3 is 0 Å². The number of rotatable bonds is 14. The number of amides is 2. The summed E-state index contributed by atoms with van der Waals surface area (Å²) in [6, 6.07) is 7.73. The highest BCUT2D eigenvalue weighted by Gasteiger charge is 2.40. The molecule has 11 nitrogen and oxygen atoms in total. The number of ether oxygens (including phenoxy) is 4. The molecule has 0 aromatic heterocycles. The van der Waals surface area contributed by atoms with Crippen LogP contribution in [0.15, 0.2) is 42.0 Å². The molecule has 12 heteroatoms. The van der Waals surface area contributed by atoms with Crippen molar-refractivity contribution < 1.29 is 43.5 Å². The molecule has 3 N–H and O–H groups in total. The third-order valence-corrected chi connectivity index (χ3v) is 7.79. The van der Waals surface area contributed by atoms with E-state index in [1.807, 2.05) is 28.7 Å². The maximum Gasteiger partial charge on any atom is 0.247 e. The molecule has 42 heavy (non-hydrogen) atoms. The van der Waals surface area contributed by atoms with Gasteiger partial charge in [-0.25, -0.2) is 0 Å². The van der Waals surface area contributed by atoms with E-state index in [4.69, 9.17) is 18.9 Å². The maximum absolute atomic E-state index is 13.3. The Morgan fingerprint density at radius 2 is 1.86 bits per heavy atom. The molecule has 0 heterocycles. The van der Waals surface area contributed by atoms with E-state index < -0.39 is 24.2 Å². The molecule has 0 fully saturated rings. The Kier molecular flexibility index (Phi) is 12.4. The number of aldehydes is 1. The van der Waals surface area contributed by atoms with E-state index in [0.29, 0.717) is 38.9 Å². The average Bonchev–Trinajstić information content (AvgIpc) is 3.01. The molecule has 0 aliphatic heterocycles. The van der Waals surface area contributed by atoms with Crippen molar-refractivity contribution in [2.75, 3.05) is 41.0 Å². The van der Waals surface area contributed by atoms with E-state index in [1.165, 1.54) is 19.3 Å². The fraction of sp³-hybridized carbons (Fsp3) is 0.433. The first-order valence-electron chi connectivity index (χ1n) is 13.5. The molecule has 3 rings (SSSR count). The molecule has 1 aliphatic rings. The minimum Gasteiger partial charge on any atom is -0.497 e. The predicted octanol–water partition coefficient (Wildman–Crippen LogP) is 2.53. The van der Waals surface area contributed by atoms with Gasteiger partial charge < -0.3 is 39.4 Å². The maximum atomic E-state index is 13.3. The molecule has 228 valence electrons. The van der Waals surface area contributed by atoms with Crippen LogP contribution in [0.3, 0.4) is 0 Å². The molecule has 2 aromatic rings. The molecule has 0 unspecified atom stereocenters. The van der Waals surface area contributed by atoms with Gasteiger partial charge in [0.1, 0.15) is 30.0 Å².